The van der Waals surface area contributed by atoms with Crippen LogP contribution in [0, 0.1) is 0 Å². The number of carbonyl (C=O) groups excluding carboxylic acids is 1. The third-order valence-corrected chi connectivity index (χ3v) is 5.75. The van der Waals surface area contributed by atoms with Gasteiger partial charge in [0, 0.05) is 35.4 Å². The number of thiazole rings is 1. The van der Waals surface area contributed by atoms with Gasteiger partial charge in [-0.25, -0.2) is 9.67 Å². The largest absolute Gasteiger partial charge is 0.354 e. The molecule has 0 aliphatic heterocycles. The molecule has 1 N–H and O–H groups in total. The summed E-state index contributed by atoms with van der Waals surface area (Å²) in [6.45, 7) is 0.486. The molecule has 1 atom stereocenters. The van der Waals surface area contributed by atoms with Gasteiger partial charge in [-0.3, -0.25) is 4.79 Å². The van der Waals surface area contributed by atoms with Crippen LogP contribution >= 0.6 is 22.9 Å². The zero-order valence-electron chi connectivity index (χ0n) is 16.0. The first kappa shape index (κ1) is 20.2. The summed E-state index contributed by atoms with van der Waals surface area (Å²) >= 11 is 7.52. The number of tetrazole rings is 1. The third-order valence-electron chi connectivity index (χ3n) is 4.59. The van der Waals surface area contributed by atoms with E-state index in [0.717, 1.165) is 21.8 Å². The minimum Gasteiger partial charge on any atom is -0.354 e. The first-order valence-electron chi connectivity index (χ1n) is 9.43. The first-order valence-corrected chi connectivity index (χ1v) is 10.7. The number of rotatable bonds is 8. The van der Waals surface area contributed by atoms with Gasteiger partial charge in [0.25, 0.3) is 0 Å². The van der Waals surface area contributed by atoms with Gasteiger partial charge in [-0.1, -0.05) is 54.1 Å². The van der Waals surface area contributed by atoms with Gasteiger partial charge >= 0.3 is 0 Å². The molecule has 0 fully saturated rings. The Balaban J connectivity index is 1.36. The molecule has 30 heavy (non-hydrogen) atoms. The molecule has 2 heterocycles. The second kappa shape index (κ2) is 9.60. The SMILES string of the molecule is O=C(NCCc1nc(-c2ccc(Cl)cc2)cs1)C(Cc1ccccc1)n1cnnn1. The maximum atomic E-state index is 12.8. The lowest BCUT2D eigenvalue weighted by Gasteiger charge is -2.16. The summed E-state index contributed by atoms with van der Waals surface area (Å²) in [5, 5.41) is 17.9. The van der Waals surface area contributed by atoms with E-state index in [0.29, 0.717) is 24.4 Å². The van der Waals surface area contributed by atoms with E-state index < -0.39 is 6.04 Å². The van der Waals surface area contributed by atoms with Gasteiger partial charge in [0.1, 0.15) is 12.4 Å². The van der Waals surface area contributed by atoms with Gasteiger partial charge in [-0.2, -0.15) is 0 Å². The predicted octanol–water partition coefficient (Wildman–Crippen LogP) is 3.59. The molecule has 0 radical (unpaired) electrons. The molecule has 0 aliphatic carbocycles. The Kier molecular flexibility index (Phi) is 6.46. The number of amides is 1. The van der Waals surface area contributed by atoms with Crippen LogP contribution in [0.25, 0.3) is 11.3 Å². The number of nitrogens with one attached hydrogen (secondary N) is 1. The van der Waals surface area contributed by atoms with Crippen LogP contribution in [0.15, 0.2) is 66.3 Å². The van der Waals surface area contributed by atoms with Crippen LogP contribution in [-0.2, 0) is 17.6 Å². The maximum Gasteiger partial charge on any atom is 0.245 e. The molecule has 1 amide bonds. The lowest BCUT2D eigenvalue weighted by molar-refractivity contribution is -0.124. The number of nitrogens with zero attached hydrogens (tertiary/aromatic N) is 5. The van der Waals surface area contributed by atoms with Crippen molar-refractivity contribution in [1.82, 2.24) is 30.5 Å². The Hall–Kier alpha value is -3.10. The van der Waals surface area contributed by atoms with Crippen LogP contribution in [0.5, 0.6) is 0 Å². The average molecular weight is 439 g/mol. The highest BCUT2D eigenvalue weighted by Crippen LogP contribution is 2.23. The normalized spacial score (nSPS) is 11.9. The minimum absolute atomic E-state index is 0.124. The second-order valence-electron chi connectivity index (χ2n) is 6.67. The van der Waals surface area contributed by atoms with Gasteiger partial charge in [0.15, 0.2) is 0 Å². The average Bonchev–Trinajstić information content (AvgIpc) is 3.46. The van der Waals surface area contributed by atoms with Crippen molar-refractivity contribution in [3.63, 3.8) is 0 Å². The summed E-state index contributed by atoms with van der Waals surface area (Å²) in [5.41, 5.74) is 2.97. The lowest BCUT2D eigenvalue weighted by atomic mass is 10.1. The summed E-state index contributed by atoms with van der Waals surface area (Å²) in [4.78, 5) is 17.5. The fourth-order valence-electron chi connectivity index (χ4n) is 3.04. The predicted molar refractivity (Wildman–Crippen MR) is 116 cm³/mol. The van der Waals surface area contributed by atoms with E-state index in [9.17, 15) is 4.79 Å². The number of aromatic nitrogens is 5. The number of carbonyl (C=O) groups is 1. The Labute approximate surface area is 182 Å². The van der Waals surface area contributed by atoms with Gasteiger partial charge < -0.3 is 5.32 Å². The number of benzene rings is 2. The van der Waals surface area contributed by atoms with E-state index >= 15 is 0 Å². The van der Waals surface area contributed by atoms with E-state index in [-0.39, 0.29) is 5.91 Å². The molecule has 7 nitrogen and oxygen atoms in total. The van der Waals surface area contributed by atoms with Gasteiger partial charge in [-0.15, -0.1) is 16.4 Å². The highest BCUT2D eigenvalue weighted by molar-refractivity contribution is 7.09. The van der Waals surface area contributed by atoms with Crippen molar-refractivity contribution in [2.45, 2.75) is 18.9 Å². The minimum atomic E-state index is -0.511. The molecule has 0 bridgehead atoms. The van der Waals surface area contributed by atoms with Crippen molar-refractivity contribution in [3.8, 4) is 11.3 Å². The van der Waals surface area contributed by atoms with E-state index in [4.69, 9.17) is 11.6 Å². The smallest absolute Gasteiger partial charge is 0.245 e. The van der Waals surface area contributed by atoms with Gasteiger partial charge in [0.05, 0.1) is 10.7 Å². The van der Waals surface area contributed by atoms with E-state index in [1.165, 1.54) is 11.0 Å². The van der Waals surface area contributed by atoms with Crippen LogP contribution in [0.3, 0.4) is 0 Å². The fourth-order valence-corrected chi connectivity index (χ4v) is 3.98. The highest BCUT2D eigenvalue weighted by atomic mass is 35.5. The maximum absolute atomic E-state index is 12.8. The van der Waals surface area contributed by atoms with Gasteiger partial charge in [-0.05, 0) is 28.1 Å². The van der Waals surface area contributed by atoms with Crippen molar-refractivity contribution in [2.75, 3.05) is 6.54 Å². The van der Waals surface area contributed by atoms with Crippen LogP contribution in [0.2, 0.25) is 5.02 Å². The van der Waals surface area contributed by atoms with Crippen molar-refractivity contribution in [2.24, 2.45) is 0 Å². The van der Waals surface area contributed by atoms with Crippen LogP contribution in [0.1, 0.15) is 16.6 Å². The zero-order valence-corrected chi connectivity index (χ0v) is 17.6. The lowest BCUT2D eigenvalue weighted by Crippen LogP contribution is -2.35. The van der Waals surface area contributed by atoms with Crippen molar-refractivity contribution >= 4 is 28.8 Å². The molecule has 0 spiro atoms. The van der Waals surface area contributed by atoms with E-state index in [2.05, 4.69) is 25.8 Å². The molecule has 4 aromatic rings. The van der Waals surface area contributed by atoms with E-state index in [1.54, 1.807) is 11.3 Å². The van der Waals surface area contributed by atoms with Crippen LogP contribution in [-0.4, -0.2) is 37.6 Å². The monoisotopic (exact) mass is 438 g/mol. The molecule has 2 aromatic heterocycles. The fraction of sp³-hybridized carbons (Fsp3) is 0.190. The second-order valence-corrected chi connectivity index (χ2v) is 8.05. The van der Waals surface area contributed by atoms with Crippen molar-refractivity contribution in [3.05, 3.63) is 81.9 Å². The van der Waals surface area contributed by atoms with Crippen molar-refractivity contribution in [1.29, 1.82) is 0 Å². The molecule has 1 unspecified atom stereocenters. The van der Waals surface area contributed by atoms with Crippen LogP contribution in [0.4, 0.5) is 0 Å². The topological polar surface area (TPSA) is 85.6 Å². The summed E-state index contributed by atoms with van der Waals surface area (Å²) < 4.78 is 1.49. The molecule has 0 aliphatic rings. The molecular formula is C21H19ClN6OS. The Morgan fingerprint density at radius 1 is 1.13 bits per heavy atom. The standard InChI is InChI=1S/C21H19ClN6OS/c22-17-8-6-16(7-9-17)18-13-30-20(25-18)10-11-23-21(29)19(28-14-24-26-27-28)12-15-4-2-1-3-5-15/h1-9,13-14,19H,10-12H2,(H,23,29). The Morgan fingerprint density at radius 3 is 2.67 bits per heavy atom. The van der Waals surface area contributed by atoms with Crippen molar-refractivity contribution < 1.29 is 4.79 Å². The van der Waals surface area contributed by atoms with Crippen LogP contribution < -0.4 is 5.32 Å². The molecule has 0 saturated heterocycles. The first-order chi connectivity index (χ1) is 14.7. The Bertz CT molecular complexity index is 1080. The number of halogens is 1. The molecule has 4 rings (SSSR count). The molecule has 0 saturated carbocycles. The highest BCUT2D eigenvalue weighted by Gasteiger charge is 2.22. The summed E-state index contributed by atoms with van der Waals surface area (Å²) in [6.07, 6.45) is 2.62. The summed E-state index contributed by atoms with van der Waals surface area (Å²) in [7, 11) is 0. The molecule has 9 heteroatoms. The van der Waals surface area contributed by atoms with Gasteiger partial charge in [0.2, 0.25) is 5.91 Å². The quantitative estimate of drug-likeness (QED) is 0.454. The summed E-state index contributed by atoms with van der Waals surface area (Å²) in [6, 6.07) is 16.9. The third kappa shape index (κ3) is 5.08. The molecule has 152 valence electrons. The number of hydrogen-bond donors (Lipinski definition) is 1. The zero-order chi connectivity index (χ0) is 20.8. The molecule has 2 aromatic carbocycles. The number of hydrogen-bond acceptors (Lipinski definition) is 6. The molecular weight excluding hydrogens is 420 g/mol. The van der Waals surface area contributed by atoms with E-state index in [1.807, 2.05) is 60.0 Å². The Morgan fingerprint density at radius 2 is 1.93 bits per heavy atom. The summed E-state index contributed by atoms with van der Waals surface area (Å²) in [5.74, 6) is -0.124.